The Labute approximate surface area is 161 Å². The van der Waals surface area contributed by atoms with Crippen LogP contribution >= 0.6 is 24.0 Å². The Morgan fingerprint density at radius 3 is 2.32 bits per heavy atom. The van der Waals surface area contributed by atoms with Crippen molar-refractivity contribution in [2.45, 2.75) is 26.8 Å². The van der Waals surface area contributed by atoms with Crippen LogP contribution in [-0.2, 0) is 6.54 Å². The summed E-state index contributed by atoms with van der Waals surface area (Å²) < 4.78 is 41.1. The molecule has 0 aromatic heterocycles. The SMILES string of the molecule is Cc1cc(C)cc(NC(N)=NCc2ccccc2OC(F)(F)F)c1.I. The molecule has 0 saturated heterocycles. The largest absolute Gasteiger partial charge is 0.573 e. The quantitative estimate of drug-likeness (QED) is 0.390. The number of hydrogen-bond acceptors (Lipinski definition) is 2. The Hall–Kier alpha value is -1.97. The van der Waals surface area contributed by atoms with Gasteiger partial charge in [0, 0.05) is 11.3 Å². The molecule has 0 aliphatic heterocycles. The molecular formula is C17H19F3IN3O. The van der Waals surface area contributed by atoms with E-state index in [1.165, 1.54) is 18.2 Å². The number of para-hydroxylation sites is 1. The number of hydrogen-bond donors (Lipinski definition) is 2. The zero-order valence-corrected chi connectivity index (χ0v) is 16.1. The molecule has 0 radical (unpaired) electrons. The van der Waals surface area contributed by atoms with Gasteiger partial charge in [0.2, 0.25) is 0 Å². The first-order valence-corrected chi connectivity index (χ1v) is 7.22. The van der Waals surface area contributed by atoms with E-state index in [1.54, 1.807) is 6.07 Å². The molecule has 2 rings (SSSR count). The molecule has 2 aromatic carbocycles. The average molecular weight is 465 g/mol. The third-order valence-corrected chi connectivity index (χ3v) is 3.11. The van der Waals surface area contributed by atoms with Crippen molar-refractivity contribution in [3.63, 3.8) is 0 Å². The summed E-state index contributed by atoms with van der Waals surface area (Å²) in [7, 11) is 0. The zero-order valence-electron chi connectivity index (χ0n) is 13.7. The highest BCUT2D eigenvalue weighted by Crippen LogP contribution is 2.26. The lowest BCUT2D eigenvalue weighted by Crippen LogP contribution is -2.23. The second-order valence-corrected chi connectivity index (χ2v) is 5.36. The molecule has 136 valence electrons. The van der Waals surface area contributed by atoms with Crippen LogP contribution in [0.4, 0.5) is 18.9 Å². The number of anilines is 1. The van der Waals surface area contributed by atoms with E-state index in [2.05, 4.69) is 15.0 Å². The molecule has 0 unspecified atom stereocenters. The van der Waals surface area contributed by atoms with E-state index in [-0.39, 0.29) is 42.2 Å². The van der Waals surface area contributed by atoms with Crippen molar-refractivity contribution in [3.05, 3.63) is 59.2 Å². The van der Waals surface area contributed by atoms with Gasteiger partial charge in [-0.25, -0.2) is 4.99 Å². The highest BCUT2D eigenvalue weighted by molar-refractivity contribution is 14.0. The van der Waals surface area contributed by atoms with Gasteiger partial charge < -0.3 is 15.8 Å². The average Bonchev–Trinajstić information content (AvgIpc) is 2.43. The third kappa shape index (κ3) is 7.20. The summed E-state index contributed by atoms with van der Waals surface area (Å²) in [6.07, 6.45) is -4.75. The number of ether oxygens (including phenoxy) is 1. The Bertz CT molecular complexity index is 728. The third-order valence-electron chi connectivity index (χ3n) is 3.11. The van der Waals surface area contributed by atoms with E-state index >= 15 is 0 Å². The summed E-state index contributed by atoms with van der Waals surface area (Å²) in [4.78, 5) is 4.08. The highest BCUT2D eigenvalue weighted by atomic mass is 127. The van der Waals surface area contributed by atoms with Gasteiger partial charge in [0.05, 0.1) is 6.54 Å². The lowest BCUT2D eigenvalue weighted by Gasteiger charge is -2.12. The van der Waals surface area contributed by atoms with Crippen LogP contribution in [0.1, 0.15) is 16.7 Å². The van der Waals surface area contributed by atoms with Crippen molar-refractivity contribution in [3.8, 4) is 5.75 Å². The van der Waals surface area contributed by atoms with E-state index < -0.39 is 6.36 Å². The molecule has 0 bridgehead atoms. The molecule has 25 heavy (non-hydrogen) atoms. The number of halogens is 4. The minimum absolute atomic E-state index is 0. The van der Waals surface area contributed by atoms with Crippen LogP contribution in [0.25, 0.3) is 0 Å². The summed E-state index contributed by atoms with van der Waals surface area (Å²) in [6, 6.07) is 11.6. The highest BCUT2D eigenvalue weighted by Gasteiger charge is 2.31. The van der Waals surface area contributed by atoms with Crippen LogP contribution < -0.4 is 15.8 Å². The van der Waals surface area contributed by atoms with Gasteiger partial charge in [-0.05, 0) is 43.2 Å². The molecule has 8 heteroatoms. The maximum Gasteiger partial charge on any atom is 0.573 e. The Morgan fingerprint density at radius 1 is 1.12 bits per heavy atom. The molecule has 0 amide bonds. The number of nitrogens with one attached hydrogen (secondary N) is 1. The maximum atomic E-state index is 12.4. The van der Waals surface area contributed by atoms with E-state index in [0.29, 0.717) is 5.56 Å². The van der Waals surface area contributed by atoms with Gasteiger partial charge in [0.15, 0.2) is 5.96 Å². The van der Waals surface area contributed by atoms with Gasteiger partial charge in [-0.3, -0.25) is 0 Å². The second-order valence-electron chi connectivity index (χ2n) is 5.36. The molecule has 0 atom stereocenters. The predicted molar refractivity (Wildman–Crippen MR) is 103 cm³/mol. The lowest BCUT2D eigenvalue weighted by molar-refractivity contribution is -0.274. The number of nitrogens with zero attached hydrogens (tertiary/aromatic N) is 1. The van der Waals surface area contributed by atoms with Gasteiger partial charge in [-0.15, -0.1) is 37.1 Å². The molecule has 0 heterocycles. The smallest absolute Gasteiger partial charge is 0.405 e. The molecule has 2 aromatic rings. The summed E-state index contributed by atoms with van der Waals surface area (Å²) in [5.74, 6) is -0.172. The van der Waals surface area contributed by atoms with Crippen LogP contribution in [0.2, 0.25) is 0 Å². The van der Waals surface area contributed by atoms with Crippen LogP contribution in [-0.4, -0.2) is 12.3 Å². The molecule has 0 aliphatic carbocycles. The van der Waals surface area contributed by atoms with Crippen molar-refractivity contribution in [2.24, 2.45) is 10.7 Å². The first-order chi connectivity index (χ1) is 11.2. The van der Waals surface area contributed by atoms with Crippen LogP contribution in [0.5, 0.6) is 5.75 Å². The molecular weight excluding hydrogens is 446 g/mol. The molecule has 0 spiro atoms. The summed E-state index contributed by atoms with van der Waals surface area (Å²) in [6.45, 7) is 3.88. The van der Waals surface area contributed by atoms with Gasteiger partial charge in [0.1, 0.15) is 5.75 Å². The van der Waals surface area contributed by atoms with E-state index in [1.807, 2.05) is 32.0 Å². The topological polar surface area (TPSA) is 59.6 Å². The minimum atomic E-state index is -4.75. The maximum absolute atomic E-state index is 12.4. The number of benzene rings is 2. The zero-order chi connectivity index (χ0) is 17.7. The normalized spacial score (nSPS) is 11.6. The number of rotatable bonds is 4. The fourth-order valence-corrected chi connectivity index (χ4v) is 2.26. The molecule has 4 nitrogen and oxygen atoms in total. The fraction of sp³-hybridized carbons (Fsp3) is 0.235. The summed E-state index contributed by atoms with van der Waals surface area (Å²) in [5.41, 5.74) is 9.00. The number of guanidine groups is 1. The van der Waals surface area contributed by atoms with E-state index in [4.69, 9.17) is 5.73 Å². The second kappa shape index (κ2) is 8.93. The molecule has 0 fully saturated rings. The van der Waals surface area contributed by atoms with Crippen molar-refractivity contribution in [2.75, 3.05) is 5.32 Å². The van der Waals surface area contributed by atoms with Crippen LogP contribution in [0.3, 0.4) is 0 Å². The minimum Gasteiger partial charge on any atom is -0.405 e. The van der Waals surface area contributed by atoms with Crippen molar-refractivity contribution >= 4 is 35.6 Å². The summed E-state index contributed by atoms with van der Waals surface area (Å²) in [5, 5.41) is 2.93. The molecule has 3 N–H and O–H groups in total. The predicted octanol–water partition coefficient (Wildman–Crippen LogP) is 4.75. The number of aliphatic imine (C=N–C) groups is 1. The fourth-order valence-electron chi connectivity index (χ4n) is 2.26. The number of nitrogens with two attached hydrogens (primary N) is 1. The molecule has 0 saturated carbocycles. The van der Waals surface area contributed by atoms with E-state index in [0.717, 1.165) is 16.8 Å². The van der Waals surface area contributed by atoms with Crippen molar-refractivity contribution in [1.29, 1.82) is 0 Å². The summed E-state index contributed by atoms with van der Waals surface area (Å²) >= 11 is 0. The van der Waals surface area contributed by atoms with Gasteiger partial charge >= 0.3 is 6.36 Å². The standard InChI is InChI=1S/C17H18F3N3O.HI/c1-11-7-12(2)9-14(8-11)23-16(21)22-10-13-5-3-4-6-15(13)24-17(18,19)20;/h3-9H,10H2,1-2H3,(H3,21,22,23);1H. The monoisotopic (exact) mass is 465 g/mol. The van der Waals surface area contributed by atoms with Crippen LogP contribution in [0, 0.1) is 13.8 Å². The first kappa shape index (κ1) is 21.1. The van der Waals surface area contributed by atoms with Gasteiger partial charge in [0.25, 0.3) is 0 Å². The van der Waals surface area contributed by atoms with Gasteiger partial charge in [-0.2, -0.15) is 0 Å². The van der Waals surface area contributed by atoms with Crippen molar-refractivity contribution < 1.29 is 17.9 Å². The van der Waals surface area contributed by atoms with Crippen LogP contribution in [0.15, 0.2) is 47.5 Å². The van der Waals surface area contributed by atoms with Crippen molar-refractivity contribution in [1.82, 2.24) is 0 Å². The Balaban J connectivity index is 0.00000312. The Morgan fingerprint density at radius 2 is 1.72 bits per heavy atom. The number of alkyl halides is 3. The van der Waals surface area contributed by atoms with E-state index in [9.17, 15) is 13.2 Å². The molecule has 0 aliphatic rings. The van der Waals surface area contributed by atoms with Gasteiger partial charge in [-0.1, -0.05) is 24.3 Å². The Kier molecular flexibility index (Phi) is 7.53. The first-order valence-electron chi connectivity index (χ1n) is 7.22. The lowest BCUT2D eigenvalue weighted by atomic mass is 10.1. The number of aryl methyl sites for hydroxylation is 2.